The third kappa shape index (κ3) is 4.68. The summed E-state index contributed by atoms with van der Waals surface area (Å²) in [6.07, 6.45) is 6.27. The molecule has 2 heterocycles. The number of nitrogens with one attached hydrogen (secondary N) is 1. The van der Waals surface area contributed by atoms with E-state index in [1.165, 1.54) is 19.3 Å². The monoisotopic (exact) mass is 329 g/mol. The molecule has 0 fully saturated rings. The van der Waals surface area contributed by atoms with Crippen LogP contribution in [0.15, 0.2) is 0 Å². The van der Waals surface area contributed by atoms with Crippen molar-refractivity contribution in [2.24, 2.45) is 11.7 Å². The summed E-state index contributed by atoms with van der Waals surface area (Å²) in [7, 11) is 0. The van der Waals surface area contributed by atoms with Crippen LogP contribution < -0.4 is 11.1 Å². The number of nitrogens with two attached hydrogens (primary N) is 1. The van der Waals surface area contributed by atoms with Gasteiger partial charge in [-0.2, -0.15) is 0 Å². The van der Waals surface area contributed by atoms with Crippen LogP contribution in [0.2, 0.25) is 0 Å². The van der Waals surface area contributed by atoms with Crippen molar-refractivity contribution in [2.45, 2.75) is 65.0 Å². The molecule has 1 aromatic rings. The van der Waals surface area contributed by atoms with E-state index in [0.717, 1.165) is 31.0 Å². The minimum Gasteiger partial charge on any atom is -0.354 e. The van der Waals surface area contributed by atoms with Crippen molar-refractivity contribution < 1.29 is 4.79 Å². The maximum absolute atomic E-state index is 11.9. The maximum Gasteiger partial charge on any atom is 0.237 e. The molecule has 1 aliphatic rings. The van der Waals surface area contributed by atoms with Crippen LogP contribution in [0.1, 0.15) is 51.2 Å². The summed E-state index contributed by atoms with van der Waals surface area (Å²) >= 11 is 0. The van der Waals surface area contributed by atoms with Crippen LogP contribution in [0.3, 0.4) is 0 Å². The number of carbonyl (C=O) groups excluding carboxylic acids is 1. The second-order valence-electron chi connectivity index (χ2n) is 5.95. The Hall–Kier alpha value is -1.14. The lowest BCUT2D eigenvalue weighted by atomic mass is 9.99. The quantitative estimate of drug-likeness (QED) is 0.827. The van der Waals surface area contributed by atoms with Crippen molar-refractivity contribution in [3.05, 3.63) is 11.6 Å². The second kappa shape index (κ2) is 9.10. The van der Waals surface area contributed by atoms with E-state index >= 15 is 0 Å². The molecule has 0 spiro atoms. The first-order valence-corrected chi connectivity index (χ1v) is 8.07. The molecule has 6 nitrogen and oxygen atoms in total. The van der Waals surface area contributed by atoms with Gasteiger partial charge in [0.05, 0.1) is 6.04 Å². The highest BCUT2D eigenvalue weighted by molar-refractivity contribution is 5.85. The summed E-state index contributed by atoms with van der Waals surface area (Å²) in [5, 5.41) is 11.4. The number of rotatable bonds is 6. The van der Waals surface area contributed by atoms with Crippen LogP contribution in [0, 0.1) is 5.92 Å². The van der Waals surface area contributed by atoms with E-state index in [0.29, 0.717) is 13.0 Å². The molecule has 1 aliphatic heterocycles. The zero-order valence-corrected chi connectivity index (χ0v) is 14.4. The molecule has 0 aromatic carbocycles. The van der Waals surface area contributed by atoms with Crippen LogP contribution in [0.4, 0.5) is 0 Å². The SMILES string of the molecule is CCC(C)C(N)C(=O)NCCc1nnc2n1CCCCC2.Cl. The molecule has 22 heavy (non-hydrogen) atoms. The van der Waals surface area contributed by atoms with Crippen LogP contribution in [0.25, 0.3) is 0 Å². The average Bonchev–Trinajstić information content (AvgIpc) is 2.73. The molecule has 0 radical (unpaired) electrons. The largest absolute Gasteiger partial charge is 0.354 e. The van der Waals surface area contributed by atoms with Gasteiger partial charge in [-0.25, -0.2) is 0 Å². The summed E-state index contributed by atoms with van der Waals surface area (Å²) in [4.78, 5) is 11.9. The Morgan fingerprint density at radius 3 is 2.86 bits per heavy atom. The summed E-state index contributed by atoms with van der Waals surface area (Å²) in [6.45, 7) is 5.62. The van der Waals surface area contributed by atoms with E-state index in [4.69, 9.17) is 5.73 Å². The Balaban J connectivity index is 0.00000242. The molecule has 0 aliphatic carbocycles. The van der Waals surface area contributed by atoms with Crippen LogP contribution in [-0.4, -0.2) is 33.3 Å². The molecule has 2 unspecified atom stereocenters. The topological polar surface area (TPSA) is 85.8 Å². The van der Waals surface area contributed by atoms with Crippen molar-refractivity contribution >= 4 is 18.3 Å². The Morgan fingerprint density at radius 2 is 2.14 bits per heavy atom. The number of aryl methyl sites for hydroxylation is 1. The van der Waals surface area contributed by atoms with Crippen molar-refractivity contribution in [1.29, 1.82) is 0 Å². The number of carbonyl (C=O) groups is 1. The smallest absolute Gasteiger partial charge is 0.237 e. The van der Waals surface area contributed by atoms with Gasteiger partial charge in [0.15, 0.2) is 0 Å². The van der Waals surface area contributed by atoms with Gasteiger partial charge in [-0.3, -0.25) is 4.79 Å². The fraction of sp³-hybridized carbons (Fsp3) is 0.800. The molecule has 0 saturated heterocycles. The lowest BCUT2D eigenvalue weighted by molar-refractivity contribution is -0.123. The molecule has 2 rings (SSSR count). The molecule has 0 saturated carbocycles. The van der Waals surface area contributed by atoms with Crippen molar-refractivity contribution in [2.75, 3.05) is 6.54 Å². The highest BCUT2D eigenvalue weighted by Gasteiger charge is 2.19. The van der Waals surface area contributed by atoms with Gasteiger partial charge in [0, 0.05) is 25.9 Å². The van der Waals surface area contributed by atoms with E-state index in [2.05, 4.69) is 20.1 Å². The minimum absolute atomic E-state index is 0. The lowest BCUT2D eigenvalue weighted by Gasteiger charge is -2.17. The van der Waals surface area contributed by atoms with Gasteiger partial charge in [-0.05, 0) is 18.8 Å². The Kier molecular flexibility index (Phi) is 7.82. The molecule has 0 bridgehead atoms. The molecular formula is C15H28ClN5O. The fourth-order valence-corrected chi connectivity index (χ4v) is 2.66. The van der Waals surface area contributed by atoms with Crippen molar-refractivity contribution in [3.8, 4) is 0 Å². The zero-order valence-electron chi connectivity index (χ0n) is 13.5. The number of amides is 1. The second-order valence-corrected chi connectivity index (χ2v) is 5.95. The molecule has 7 heteroatoms. The Labute approximate surface area is 138 Å². The first-order chi connectivity index (χ1) is 10.1. The van der Waals surface area contributed by atoms with Gasteiger partial charge in [0.1, 0.15) is 11.6 Å². The van der Waals surface area contributed by atoms with Crippen molar-refractivity contribution in [3.63, 3.8) is 0 Å². The summed E-state index contributed by atoms with van der Waals surface area (Å²) < 4.78 is 2.22. The number of hydrogen-bond acceptors (Lipinski definition) is 4. The van der Waals surface area contributed by atoms with E-state index in [1.54, 1.807) is 0 Å². The highest BCUT2D eigenvalue weighted by atomic mass is 35.5. The first-order valence-electron chi connectivity index (χ1n) is 8.07. The van der Waals surface area contributed by atoms with E-state index in [9.17, 15) is 4.79 Å². The fourth-order valence-electron chi connectivity index (χ4n) is 2.66. The third-order valence-corrected chi connectivity index (χ3v) is 4.39. The lowest BCUT2D eigenvalue weighted by Crippen LogP contribution is -2.45. The molecule has 1 amide bonds. The Morgan fingerprint density at radius 1 is 1.36 bits per heavy atom. The number of hydrogen-bond donors (Lipinski definition) is 2. The van der Waals surface area contributed by atoms with Crippen LogP contribution in [0.5, 0.6) is 0 Å². The normalized spacial score (nSPS) is 16.9. The number of aromatic nitrogens is 3. The number of fused-ring (bicyclic) bond motifs is 1. The predicted octanol–water partition coefficient (Wildman–Crippen LogP) is 1.46. The summed E-state index contributed by atoms with van der Waals surface area (Å²) in [6, 6.07) is -0.425. The molecular weight excluding hydrogens is 302 g/mol. The number of nitrogens with zero attached hydrogens (tertiary/aromatic N) is 3. The van der Waals surface area contributed by atoms with Crippen LogP contribution in [-0.2, 0) is 24.2 Å². The first kappa shape index (κ1) is 18.9. The predicted molar refractivity (Wildman–Crippen MR) is 89.0 cm³/mol. The summed E-state index contributed by atoms with van der Waals surface area (Å²) in [5.74, 6) is 2.20. The van der Waals surface area contributed by atoms with Gasteiger partial charge in [-0.15, -0.1) is 22.6 Å². The van der Waals surface area contributed by atoms with E-state index < -0.39 is 6.04 Å². The van der Waals surface area contributed by atoms with Gasteiger partial charge < -0.3 is 15.6 Å². The minimum atomic E-state index is -0.425. The van der Waals surface area contributed by atoms with Gasteiger partial charge in [0.25, 0.3) is 0 Å². The van der Waals surface area contributed by atoms with Crippen molar-refractivity contribution in [1.82, 2.24) is 20.1 Å². The summed E-state index contributed by atoms with van der Waals surface area (Å²) in [5.41, 5.74) is 5.92. The number of halogens is 1. The van der Waals surface area contributed by atoms with Gasteiger partial charge in [-0.1, -0.05) is 26.7 Å². The molecule has 126 valence electrons. The molecule has 2 atom stereocenters. The average molecular weight is 330 g/mol. The standard InChI is InChI=1S/C15H27N5O.ClH/c1-3-11(2)14(16)15(21)17-9-8-13-19-18-12-7-5-4-6-10-20(12)13;/h11,14H,3-10,16H2,1-2H3,(H,17,21);1H. The van der Waals surface area contributed by atoms with Gasteiger partial charge >= 0.3 is 0 Å². The van der Waals surface area contributed by atoms with E-state index in [1.807, 2.05) is 13.8 Å². The third-order valence-electron chi connectivity index (χ3n) is 4.39. The maximum atomic E-state index is 11.9. The molecule has 1 aromatic heterocycles. The van der Waals surface area contributed by atoms with Crippen LogP contribution >= 0.6 is 12.4 Å². The van der Waals surface area contributed by atoms with Gasteiger partial charge in [0.2, 0.25) is 5.91 Å². The highest BCUT2D eigenvalue weighted by Crippen LogP contribution is 2.14. The molecule has 3 N–H and O–H groups in total. The van der Waals surface area contributed by atoms with E-state index in [-0.39, 0.29) is 24.2 Å². The Bertz CT molecular complexity index is 476. The zero-order chi connectivity index (χ0) is 15.2.